The van der Waals surface area contributed by atoms with Gasteiger partial charge in [-0.25, -0.2) is 8.42 Å². The largest absolute Gasteiger partial charge is 0.480 e. The zero-order valence-corrected chi connectivity index (χ0v) is 20.6. The summed E-state index contributed by atoms with van der Waals surface area (Å²) in [5.41, 5.74) is 5.20. The van der Waals surface area contributed by atoms with Gasteiger partial charge in [0, 0.05) is 17.1 Å². The van der Waals surface area contributed by atoms with Crippen LogP contribution in [0.15, 0.2) is 80.0 Å². The van der Waals surface area contributed by atoms with Crippen molar-refractivity contribution in [1.82, 2.24) is 9.71 Å². The van der Waals surface area contributed by atoms with E-state index in [4.69, 9.17) is 5.11 Å². The number of hydrogen-bond acceptors (Lipinski definition) is 4. The molecule has 0 fully saturated rings. The van der Waals surface area contributed by atoms with Gasteiger partial charge in [0.2, 0.25) is 0 Å². The summed E-state index contributed by atoms with van der Waals surface area (Å²) in [4.78, 5) is 13.0. The third kappa shape index (κ3) is 13.5. The summed E-state index contributed by atoms with van der Waals surface area (Å²) in [7, 11) is -2.86. The predicted octanol–water partition coefficient (Wildman–Crippen LogP) is 5.41. The number of H-pyrrole nitrogens is 1. The van der Waals surface area contributed by atoms with E-state index in [9.17, 15) is 13.2 Å². The van der Waals surface area contributed by atoms with Crippen LogP contribution >= 0.6 is 10.8 Å². The molecule has 0 amide bonds. The molecule has 2 aromatic carbocycles. The van der Waals surface area contributed by atoms with Gasteiger partial charge in [0.25, 0.3) is 9.06 Å². The van der Waals surface area contributed by atoms with E-state index >= 15 is 0 Å². The summed E-state index contributed by atoms with van der Waals surface area (Å²) in [6, 6.07) is 16.8. The minimum Gasteiger partial charge on any atom is -0.480 e. The summed E-state index contributed by atoms with van der Waals surface area (Å²) in [5.74, 6) is -1.20. The highest BCUT2D eigenvalue weighted by Crippen LogP contribution is 2.15. The smallest absolute Gasteiger partial charge is 0.318 e. The lowest BCUT2D eigenvalue weighted by Crippen LogP contribution is -2.26. The van der Waals surface area contributed by atoms with E-state index in [2.05, 4.69) is 81.4 Å². The van der Waals surface area contributed by atoms with E-state index < -0.39 is 21.6 Å². The highest BCUT2D eigenvalue weighted by molar-refractivity contribution is 8.71. The van der Waals surface area contributed by atoms with E-state index in [0.29, 0.717) is 10.8 Å². The number of fused-ring (bicyclic) bond motifs is 1. The molecule has 3 aromatic rings. The first-order chi connectivity index (χ1) is 15.1. The molecule has 6 nitrogen and oxygen atoms in total. The Labute approximate surface area is 194 Å². The number of rotatable bonds is 5. The first kappa shape index (κ1) is 29.2. The first-order valence-corrected chi connectivity index (χ1v) is 12.8. The van der Waals surface area contributed by atoms with Gasteiger partial charge in [-0.05, 0) is 49.5 Å². The van der Waals surface area contributed by atoms with Gasteiger partial charge in [-0.15, -0.1) is 0 Å². The van der Waals surface area contributed by atoms with Gasteiger partial charge in [0.15, 0.2) is 0 Å². The number of allylic oxidation sites excluding steroid dienone is 2. The van der Waals surface area contributed by atoms with Crippen LogP contribution in [-0.4, -0.2) is 37.3 Å². The number of carbonyl (C=O) groups is 1. The van der Waals surface area contributed by atoms with Gasteiger partial charge in [0.05, 0.1) is 0 Å². The van der Waals surface area contributed by atoms with Crippen LogP contribution in [-0.2, 0) is 13.8 Å². The number of carboxylic acid groups (broad SMARTS) is 1. The summed E-state index contributed by atoms with van der Waals surface area (Å²) in [6.45, 7) is 12.5. The monoisotopic (exact) mass is 476 g/mol. The average Bonchev–Trinajstić information content (AvgIpc) is 3.17. The lowest BCUT2D eigenvalue weighted by Gasteiger charge is -1.97. The Morgan fingerprint density at radius 1 is 1.03 bits per heavy atom. The second-order valence-corrected chi connectivity index (χ2v) is 10.3. The van der Waals surface area contributed by atoms with Crippen LogP contribution in [0, 0.1) is 20.8 Å². The molecule has 0 atom stereocenters. The summed E-state index contributed by atoms with van der Waals surface area (Å²) < 4.78 is 22.8. The lowest BCUT2D eigenvalue weighted by atomic mass is 10.2. The van der Waals surface area contributed by atoms with Gasteiger partial charge < -0.3 is 10.1 Å². The summed E-state index contributed by atoms with van der Waals surface area (Å²) >= 11 is 0. The van der Waals surface area contributed by atoms with Crippen molar-refractivity contribution in [3.05, 3.63) is 96.7 Å². The van der Waals surface area contributed by atoms with E-state index in [1.165, 1.54) is 33.8 Å². The minimum atomic E-state index is -3.43. The SMILES string of the molecule is C=CC=C.CSS(=O)(=O)NCC(=O)O.Cc1c[nH]c2ccccc12.Cc1ccc(C)cc1. The number of aryl methyl sites for hydroxylation is 3. The van der Waals surface area contributed by atoms with Crippen molar-refractivity contribution >= 4 is 36.7 Å². The first-order valence-electron chi connectivity index (χ1n) is 9.62. The number of para-hydroxylation sites is 1. The van der Waals surface area contributed by atoms with Gasteiger partial charge in [-0.2, -0.15) is 4.72 Å². The molecule has 0 spiro atoms. The molecular formula is C24H32N2O4S2. The molecule has 8 heteroatoms. The number of hydrogen-bond donors (Lipinski definition) is 3. The molecule has 0 unspecified atom stereocenters. The van der Waals surface area contributed by atoms with Crippen LogP contribution in [0.3, 0.4) is 0 Å². The van der Waals surface area contributed by atoms with Crippen molar-refractivity contribution in [1.29, 1.82) is 0 Å². The molecule has 0 aliphatic carbocycles. The minimum absolute atomic E-state index is 0.566. The maximum Gasteiger partial charge on any atom is 0.318 e. The third-order valence-corrected chi connectivity index (χ3v) is 6.41. The molecule has 3 N–H and O–H groups in total. The summed E-state index contributed by atoms with van der Waals surface area (Å²) in [5, 5.41) is 9.36. The van der Waals surface area contributed by atoms with Crippen molar-refractivity contribution in [2.45, 2.75) is 20.8 Å². The lowest BCUT2D eigenvalue weighted by molar-refractivity contribution is -0.135. The van der Waals surface area contributed by atoms with Crippen LogP contribution in [0.5, 0.6) is 0 Å². The average molecular weight is 477 g/mol. The molecule has 32 heavy (non-hydrogen) atoms. The number of aromatic amines is 1. The fraction of sp³-hybridized carbons (Fsp3) is 0.208. The van der Waals surface area contributed by atoms with Gasteiger partial charge in [-0.1, -0.05) is 78.9 Å². The molecule has 0 saturated heterocycles. The predicted molar refractivity (Wildman–Crippen MR) is 137 cm³/mol. The van der Waals surface area contributed by atoms with Crippen molar-refractivity contribution in [2.75, 3.05) is 12.8 Å². The van der Waals surface area contributed by atoms with Crippen LogP contribution in [0.25, 0.3) is 10.9 Å². The highest BCUT2D eigenvalue weighted by Gasteiger charge is 2.08. The van der Waals surface area contributed by atoms with Crippen molar-refractivity contribution in [2.24, 2.45) is 0 Å². The maximum atomic E-state index is 10.5. The molecule has 1 heterocycles. The molecule has 174 valence electrons. The topological polar surface area (TPSA) is 99.3 Å². The second kappa shape index (κ2) is 15.9. The van der Waals surface area contributed by atoms with Gasteiger partial charge in [-0.3, -0.25) is 4.79 Å². The van der Waals surface area contributed by atoms with Crippen molar-refractivity contribution in [3.63, 3.8) is 0 Å². The quantitative estimate of drug-likeness (QED) is 0.338. The van der Waals surface area contributed by atoms with Crippen LogP contribution in [0.1, 0.15) is 16.7 Å². The Hall–Kier alpha value is -2.81. The van der Waals surface area contributed by atoms with Gasteiger partial charge in [0.1, 0.15) is 6.54 Å². The van der Waals surface area contributed by atoms with Crippen LogP contribution < -0.4 is 4.72 Å². The molecular weight excluding hydrogens is 444 g/mol. The molecule has 0 radical (unpaired) electrons. The van der Waals surface area contributed by atoms with Crippen molar-refractivity contribution in [3.8, 4) is 0 Å². The Balaban J connectivity index is 0.000000418. The molecule has 0 aliphatic rings. The Morgan fingerprint density at radius 2 is 1.53 bits per heavy atom. The molecule has 0 bridgehead atoms. The van der Waals surface area contributed by atoms with E-state index in [1.54, 1.807) is 12.2 Å². The fourth-order valence-electron chi connectivity index (χ4n) is 2.06. The maximum absolute atomic E-state index is 10.5. The fourth-order valence-corrected chi connectivity index (χ4v) is 3.01. The van der Waals surface area contributed by atoms with Crippen LogP contribution in [0.4, 0.5) is 0 Å². The van der Waals surface area contributed by atoms with E-state index in [1.807, 2.05) is 17.0 Å². The molecule has 1 aromatic heterocycles. The van der Waals surface area contributed by atoms with E-state index in [-0.39, 0.29) is 0 Å². The normalized spacial score (nSPS) is 9.75. The van der Waals surface area contributed by atoms with E-state index in [0.717, 1.165) is 0 Å². The number of aliphatic carboxylic acids is 1. The van der Waals surface area contributed by atoms with Crippen LogP contribution in [0.2, 0.25) is 0 Å². The number of aromatic nitrogens is 1. The number of nitrogens with one attached hydrogen (secondary N) is 2. The third-order valence-electron chi connectivity index (χ3n) is 3.80. The van der Waals surface area contributed by atoms with Gasteiger partial charge >= 0.3 is 5.97 Å². The second-order valence-electron chi connectivity index (χ2n) is 6.48. The summed E-state index contributed by atoms with van der Waals surface area (Å²) in [6.07, 6.45) is 6.66. The number of carboxylic acids is 1. The zero-order chi connectivity index (χ0) is 24.6. The molecule has 3 rings (SSSR count). The van der Waals surface area contributed by atoms with Crippen molar-refractivity contribution < 1.29 is 18.3 Å². The number of benzene rings is 2. The highest BCUT2D eigenvalue weighted by atomic mass is 33.1. The zero-order valence-electron chi connectivity index (χ0n) is 19.0. The standard InChI is InChI=1S/C9H9N.C8H10.C4H6.C3H7NO4S2/c1-7-6-10-9-5-3-2-4-8(7)9;1-7-3-5-8(2)6-4-7;1-3-4-2;1-9-10(7,8)4-2-3(5)6/h2-6,10H,1H3;3-6H,1-2H3;3-4H,1-2H2;4H,2H2,1H3,(H,5,6). The molecule has 0 saturated carbocycles. The Kier molecular flexibility index (Phi) is 14.5. The molecule has 0 aliphatic heterocycles. The Bertz CT molecular complexity index is 1050. The Morgan fingerprint density at radius 3 is 1.94 bits per heavy atom.